The number of benzene rings is 1. The molecule has 0 N–H and O–H groups in total. The van der Waals surface area contributed by atoms with E-state index in [9.17, 15) is 0 Å². The van der Waals surface area contributed by atoms with E-state index in [1.807, 2.05) is 11.8 Å². The Kier molecular flexibility index (Phi) is 3.94. The summed E-state index contributed by atoms with van der Waals surface area (Å²) < 4.78 is 0. The molecule has 1 aliphatic heterocycles. The Morgan fingerprint density at radius 2 is 2.15 bits per heavy atom. The largest absolute Gasteiger partial charge is 0.370 e. The molecule has 1 aromatic carbocycles. The van der Waals surface area contributed by atoms with Gasteiger partial charge >= 0.3 is 0 Å². The number of rotatable bonds is 1. The fourth-order valence-electron chi connectivity index (χ4n) is 1.56. The Bertz CT molecular complexity index is 277. The summed E-state index contributed by atoms with van der Waals surface area (Å²) in [5.41, 5.74) is 1.41. The van der Waals surface area contributed by atoms with Crippen LogP contribution >= 0.6 is 24.2 Å². The second-order valence-electron chi connectivity index (χ2n) is 2.90. The average molecular weight is 216 g/mol. The highest BCUT2D eigenvalue weighted by Crippen LogP contribution is 2.33. The van der Waals surface area contributed by atoms with E-state index < -0.39 is 0 Å². The van der Waals surface area contributed by atoms with Gasteiger partial charge in [-0.15, -0.1) is 24.2 Å². The molecule has 0 unspecified atom stereocenters. The second-order valence-corrected chi connectivity index (χ2v) is 4.03. The molecule has 1 nitrogen and oxygen atoms in total. The van der Waals surface area contributed by atoms with Crippen molar-refractivity contribution in [2.75, 3.05) is 23.7 Å². The van der Waals surface area contributed by atoms with Crippen LogP contribution in [0.3, 0.4) is 0 Å². The smallest absolute Gasteiger partial charge is 0.0504 e. The average Bonchev–Trinajstić information content (AvgIpc) is 2.17. The van der Waals surface area contributed by atoms with Crippen LogP contribution in [0.15, 0.2) is 29.2 Å². The zero-order valence-corrected chi connectivity index (χ0v) is 9.33. The number of hydrogen-bond donors (Lipinski definition) is 0. The molecule has 0 fully saturated rings. The van der Waals surface area contributed by atoms with E-state index in [1.54, 1.807) is 0 Å². The maximum atomic E-state index is 2.44. The molecule has 0 atom stereocenters. The molecule has 0 aromatic heterocycles. The van der Waals surface area contributed by atoms with Crippen LogP contribution in [-0.2, 0) is 0 Å². The van der Waals surface area contributed by atoms with Crippen molar-refractivity contribution >= 4 is 29.9 Å². The van der Waals surface area contributed by atoms with E-state index in [2.05, 4.69) is 36.1 Å². The van der Waals surface area contributed by atoms with Crippen LogP contribution in [0.25, 0.3) is 0 Å². The van der Waals surface area contributed by atoms with Gasteiger partial charge in [-0.3, -0.25) is 0 Å². The molecule has 3 heteroatoms. The maximum Gasteiger partial charge on any atom is 0.0504 e. The molecule has 13 heavy (non-hydrogen) atoms. The summed E-state index contributed by atoms with van der Waals surface area (Å²) in [6, 6.07) is 8.66. The van der Waals surface area contributed by atoms with E-state index in [-0.39, 0.29) is 12.4 Å². The number of para-hydroxylation sites is 1. The third-order valence-corrected chi connectivity index (χ3v) is 3.25. The summed E-state index contributed by atoms with van der Waals surface area (Å²) in [6.45, 7) is 4.53. The lowest BCUT2D eigenvalue weighted by molar-refractivity contribution is 0.850. The van der Waals surface area contributed by atoms with Crippen LogP contribution in [-0.4, -0.2) is 18.8 Å². The van der Waals surface area contributed by atoms with Crippen molar-refractivity contribution in [2.45, 2.75) is 11.8 Å². The molecule has 0 saturated heterocycles. The fraction of sp³-hybridized carbons (Fsp3) is 0.400. The molecule has 0 radical (unpaired) electrons. The lowest BCUT2D eigenvalue weighted by Crippen LogP contribution is -2.28. The van der Waals surface area contributed by atoms with E-state index in [0.717, 1.165) is 6.54 Å². The first-order valence-electron chi connectivity index (χ1n) is 4.38. The minimum atomic E-state index is 0. The Labute approximate surface area is 89.9 Å². The maximum absolute atomic E-state index is 2.44. The Morgan fingerprint density at radius 3 is 2.92 bits per heavy atom. The number of hydrogen-bond acceptors (Lipinski definition) is 2. The number of anilines is 1. The van der Waals surface area contributed by atoms with Gasteiger partial charge in [0, 0.05) is 23.7 Å². The lowest BCUT2D eigenvalue weighted by atomic mass is 10.3. The summed E-state index contributed by atoms with van der Waals surface area (Å²) in [5.74, 6) is 1.23. The van der Waals surface area contributed by atoms with E-state index in [4.69, 9.17) is 0 Å². The van der Waals surface area contributed by atoms with Crippen LogP contribution in [0.4, 0.5) is 5.69 Å². The Balaban J connectivity index is 0.000000845. The highest BCUT2D eigenvalue weighted by Gasteiger charge is 2.13. The predicted octanol–water partition coefficient (Wildman–Crippen LogP) is 3.04. The van der Waals surface area contributed by atoms with Crippen molar-refractivity contribution < 1.29 is 0 Å². The van der Waals surface area contributed by atoms with Crippen molar-refractivity contribution in [2.24, 2.45) is 0 Å². The van der Waals surface area contributed by atoms with Gasteiger partial charge in [0.15, 0.2) is 0 Å². The first-order valence-corrected chi connectivity index (χ1v) is 5.37. The SMILES string of the molecule is CCN1CCSc2ccccc21.Cl. The standard InChI is InChI=1S/C10H13NS.ClH/c1-2-11-7-8-12-10-6-4-3-5-9(10)11;/h3-6H,2,7-8H2,1H3;1H. The van der Waals surface area contributed by atoms with E-state index in [0.29, 0.717) is 0 Å². The van der Waals surface area contributed by atoms with Gasteiger partial charge in [0.05, 0.1) is 5.69 Å². The van der Waals surface area contributed by atoms with Crippen LogP contribution in [0.2, 0.25) is 0 Å². The Morgan fingerprint density at radius 1 is 1.38 bits per heavy atom. The third kappa shape index (κ3) is 2.12. The molecule has 0 bridgehead atoms. The number of halogens is 1. The summed E-state index contributed by atoms with van der Waals surface area (Å²) in [6.07, 6.45) is 0. The first kappa shape index (κ1) is 10.7. The van der Waals surface area contributed by atoms with Gasteiger partial charge in [0.2, 0.25) is 0 Å². The molecule has 1 heterocycles. The van der Waals surface area contributed by atoms with Gasteiger partial charge in [-0.25, -0.2) is 0 Å². The van der Waals surface area contributed by atoms with Gasteiger partial charge in [-0.1, -0.05) is 12.1 Å². The Hall–Kier alpha value is -0.340. The predicted molar refractivity (Wildman–Crippen MR) is 62.3 cm³/mol. The zero-order chi connectivity index (χ0) is 8.39. The van der Waals surface area contributed by atoms with Gasteiger partial charge in [0.1, 0.15) is 0 Å². The van der Waals surface area contributed by atoms with E-state index >= 15 is 0 Å². The molecule has 0 aliphatic carbocycles. The fourth-order valence-corrected chi connectivity index (χ4v) is 2.61. The van der Waals surface area contributed by atoms with E-state index in [1.165, 1.54) is 22.9 Å². The number of thioether (sulfide) groups is 1. The topological polar surface area (TPSA) is 3.24 Å². The molecule has 1 aliphatic rings. The molecule has 0 spiro atoms. The van der Waals surface area contributed by atoms with Gasteiger partial charge < -0.3 is 4.90 Å². The zero-order valence-electron chi connectivity index (χ0n) is 7.69. The van der Waals surface area contributed by atoms with Gasteiger partial charge in [0.25, 0.3) is 0 Å². The summed E-state index contributed by atoms with van der Waals surface area (Å²) in [7, 11) is 0. The summed E-state index contributed by atoms with van der Waals surface area (Å²) >= 11 is 1.97. The van der Waals surface area contributed by atoms with Crippen LogP contribution < -0.4 is 4.90 Å². The van der Waals surface area contributed by atoms with Crippen molar-refractivity contribution in [3.05, 3.63) is 24.3 Å². The summed E-state index contributed by atoms with van der Waals surface area (Å²) in [5, 5.41) is 0. The van der Waals surface area contributed by atoms with Crippen molar-refractivity contribution in [3.63, 3.8) is 0 Å². The van der Waals surface area contributed by atoms with Crippen LogP contribution in [0.5, 0.6) is 0 Å². The minimum Gasteiger partial charge on any atom is -0.370 e. The molecule has 2 rings (SSSR count). The second kappa shape index (κ2) is 4.77. The number of fused-ring (bicyclic) bond motifs is 1. The minimum absolute atomic E-state index is 0. The van der Waals surface area contributed by atoms with Crippen molar-refractivity contribution in [3.8, 4) is 0 Å². The molecular formula is C10H14ClNS. The molecule has 72 valence electrons. The van der Waals surface area contributed by atoms with Gasteiger partial charge in [-0.2, -0.15) is 0 Å². The molecule has 0 amide bonds. The van der Waals surface area contributed by atoms with Crippen LogP contribution in [0.1, 0.15) is 6.92 Å². The first-order chi connectivity index (χ1) is 5.92. The highest BCUT2D eigenvalue weighted by atomic mass is 35.5. The van der Waals surface area contributed by atoms with Crippen LogP contribution in [0, 0.1) is 0 Å². The normalized spacial score (nSPS) is 14.7. The quantitative estimate of drug-likeness (QED) is 0.709. The highest BCUT2D eigenvalue weighted by molar-refractivity contribution is 7.99. The third-order valence-electron chi connectivity index (χ3n) is 2.21. The molecule has 0 saturated carbocycles. The lowest BCUT2D eigenvalue weighted by Gasteiger charge is -2.29. The van der Waals surface area contributed by atoms with Gasteiger partial charge in [-0.05, 0) is 19.1 Å². The number of nitrogens with zero attached hydrogens (tertiary/aromatic N) is 1. The van der Waals surface area contributed by atoms with Crippen molar-refractivity contribution in [1.29, 1.82) is 0 Å². The molecular weight excluding hydrogens is 202 g/mol. The van der Waals surface area contributed by atoms with Crippen molar-refractivity contribution in [1.82, 2.24) is 0 Å². The molecule has 1 aromatic rings. The monoisotopic (exact) mass is 215 g/mol. The summed E-state index contributed by atoms with van der Waals surface area (Å²) in [4.78, 5) is 3.87.